The molecule has 4 aliphatic rings. The maximum Gasteiger partial charge on any atom is 0.248 e. The number of aliphatic hydroxyl groups is 2. The van der Waals surface area contributed by atoms with E-state index < -0.39 is 11.7 Å². The number of hydrogen-bond acceptors (Lipinski definition) is 9. The van der Waals surface area contributed by atoms with Crippen molar-refractivity contribution in [3.8, 4) is 5.75 Å². The number of aromatic nitrogens is 1. The summed E-state index contributed by atoms with van der Waals surface area (Å²) in [5.41, 5.74) is 0.770. The Morgan fingerprint density at radius 2 is 1.53 bits per heavy atom. The first-order valence-corrected chi connectivity index (χ1v) is 20.1. The fraction of sp³-hybridized carbons (Fsp3) is 0.643. The second kappa shape index (κ2) is 19.6. The van der Waals surface area contributed by atoms with Gasteiger partial charge < -0.3 is 49.1 Å². The van der Waals surface area contributed by atoms with Crippen LogP contribution in [0.2, 0.25) is 0 Å². The summed E-state index contributed by atoms with van der Waals surface area (Å²) in [6.45, 7) is 9.91. The minimum Gasteiger partial charge on any atom is -0.506 e. The first kappa shape index (κ1) is 39.8. The average molecular weight is 737 g/mol. The monoisotopic (exact) mass is 736 g/mol. The molecule has 4 heterocycles. The Bertz CT molecular complexity index is 1590. The number of phenolic OH excluding ortho intramolecular Hbond substituents is 1. The van der Waals surface area contributed by atoms with E-state index in [0.29, 0.717) is 75.1 Å². The van der Waals surface area contributed by atoms with Crippen molar-refractivity contribution < 1.29 is 38.8 Å². The average Bonchev–Trinajstić information content (AvgIpc) is 3.74. The van der Waals surface area contributed by atoms with E-state index in [2.05, 4.69) is 22.4 Å². The lowest BCUT2D eigenvalue weighted by Gasteiger charge is -2.53. The SMILES string of the molecule is O=c1ccc2c([C@@H](O)CNCCOCCCOCCCOCCC[N+]34CCC(CC3)[C@@H](OC[C@@](O)(c3ccccc3)C3CCCC3)C4)ccc(O)c2[nH]1. The highest BCUT2D eigenvalue weighted by molar-refractivity contribution is 5.87. The van der Waals surface area contributed by atoms with Crippen LogP contribution in [0.25, 0.3) is 10.9 Å². The van der Waals surface area contributed by atoms with Crippen LogP contribution in [0.1, 0.15) is 75.0 Å². The van der Waals surface area contributed by atoms with Crippen molar-refractivity contribution in [1.29, 1.82) is 0 Å². The van der Waals surface area contributed by atoms with E-state index in [1.165, 1.54) is 50.9 Å². The van der Waals surface area contributed by atoms with Crippen LogP contribution in [-0.4, -0.2) is 116 Å². The van der Waals surface area contributed by atoms with Gasteiger partial charge in [-0.2, -0.15) is 0 Å². The van der Waals surface area contributed by atoms with Gasteiger partial charge in [-0.3, -0.25) is 4.79 Å². The van der Waals surface area contributed by atoms with Crippen molar-refractivity contribution in [2.75, 3.05) is 85.5 Å². The van der Waals surface area contributed by atoms with Crippen LogP contribution < -0.4 is 10.9 Å². The molecule has 1 saturated carbocycles. The molecular weight excluding hydrogens is 674 g/mol. The highest BCUT2D eigenvalue weighted by Crippen LogP contribution is 2.42. The largest absolute Gasteiger partial charge is 0.506 e. The second-order valence-corrected chi connectivity index (χ2v) is 15.6. The van der Waals surface area contributed by atoms with Gasteiger partial charge in [0.05, 0.1) is 51.1 Å². The molecule has 3 atom stereocenters. The molecule has 1 aliphatic carbocycles. The van der Waals surface area contributed by atoms with Crippen LogP contribution in [0.3, 0.4) is 0 Å². The molecule has 4 fully saturated rings. The van der Waals surface area contributed by atoms with Crippen molar-refractivity contribution in [2.45, 2.75) is 75.6 Å². The summed E-state index contributed by atoms with van der Waals surface area (Å²) < 4.78 is 25.3. The van der Waals surface area contributed by atoms with E-state index in [-0.39, 0.29) is 23.3 Å². The smallest absolute Gasteiger partial charge is 0.248 e. The van der Waals surface area contributed by atoms with Crippen molar-refractivity contribution >= 4 is 10.9 Å². The lowest BCUT2D eigenvalue weighted by Crippen LogP contribution is -2.64. The van der Waals surface area contributed by atoms with Crippen LogP contribution in [0.15, 0.2) is 59.4 Å². The Labute approximate surface area is 314 Å². The number of benzene rings is 2. The highest BCUT2D eigenvalue weighted by Gasteiger charge is 2.48. The molecule has 3 aliphatic heterocycles. The molecule has 11 heteroatoms. The Morgan fingerprint density at radius 1 is 0.849 bits per heavy atom. The van der Waals surface area contributed by atoms with Crippen molar-refractivity contribution in [1.82, 2.24) is 10.3 Å². The molecule has 53 heavy (non-hydrogen) atoms. The standard InChI is InChI=1S/C42H61N3O8/c46-37-15-13-35(36-14-16-40(48)44-41(36)37)38(47)29-43-19-28-52-27-8-26-51-25-7-24-50-23-6-20-45-21-17-32(18-22-45)39(30-45)53-31-42(49,34-11-4-5-12-34)33-9-2-1-3-10-33/h1-3,9-10,13-16,32,34,38-39,43,47,49H,4-8,11-12,17-31H2,(H-,44,46,48)/p+1/t32?,38-,39-,42+,45?/m0/s1. The van der Waals surface area contributed by atoms with Crippen LogP contribution in [0.5, 0.6) is 5.75 Å². The molecule has 1 aromatic heterocycles. The zero-order valence-electron chi connectivity index (χ0n) is 31.4. The normalized spacial score (nSPS) is 23.4. The third-order valence-corrected chi connectivity index (χ3v) is 12.0. The third-order valence-electron chi connectivity index (χ3n) is 12.0. The van der Waals surface area contributed by atoms with Crippen molar-refractivity contribution in [3.63, 3.8) is 0 Å². The molecule has 11 nitrogen and oxygen atoms in total. The summed E-state index contributed by atoms with van der Waals surface area (Å²) >= 11 is 0. The van der Waals surface area contributed by atoms with Crippen molar-refractivity contribution in [3.05, 3.63) is 76.1 Å². The maximum absolute atomic E-state index is 12.0. The number of fused-ring (bicyclic) bond motifs is 4. The number of nitrogens with zero attached hydrogens (tertiary/aromatic N) is 1. The Hall–Kier alpha value is -2.87. The van der Waals surface area contributed by atoms with Crippen LogP contribution >= 0.6 is 0 Å². The number of piperidine rings is 3. The summed E-state index contributed by atoms with van der Waals surface area (Å²) in [6.07, 6.45) is 9.16. The molecule has 7 rings (SSSR count). The van der Waals surface area contributed by atoms with E-state index in [4.69, 9.17) is 18.9 Å². The first-order valence-electron chi connectivity index (χ1n) is 20.1. The predicted octanol–water partition coefficient (Wildman–Crippen LogP) is 4.78. The van der Waals surface area contributed by atoms with Gasteiger partial charge in [0.1, 0.15) is 24.0 Å². The van der Waals surface area contributed by atoms with Crippen LogP contribution in [0, 0.1) is 11.8 Å². The molecule has 2 bridgehead atoms. The number of hydrogen-bond donors (Lipinski definition) is 5. The van der Waals surface area contributed by atoms with Gasteiger partial charge in [0.2, 0.25) is 5.56 Å². The molecule has 0 radical (unpaired) electrons. The summed E-state index contributed by atoms with van der Waals surface area (Å²) in [5, 5.41) is 36.5. The predicted molar refractivity (Wildman–Crippen MR) is 205 cm³/mol. The summed E-state index contributed by atoms with van der Waals surface area (Å²) in [6, 6.07) is 16.4. The van der Waals surface area contributed by atoms with E-state index in [1.807, 2.05) is 18.2 Å². The fourth-order valence-corrected chi connectivity index (χ4v) is 8.90. The maximum atomic E-state index is 12.0. The van der Waals surface area contributed by atoms with Gasteiger partial charge in [-0.15, -0.1) is 0 Å². The zero-order chi connectivity index (χ0) is 36.9. The molecule has 0 spiro atoms. The van der Waals surface area contributed by atoms with Gasteiger partial charge in [-0.05, 0) is 54.9 Å². The van der Waals surface area contributed by atoms with Crippen LogP contribution in [0.4, 0.5) is 0 Å². The number of aromatic amines is 1. The fourth-order valence-electron chi connectivity index (χ4n) is 8.90. The van der Waals surface area contributed by atoms with E-state index in [0.717, 1.165) is 61.8 Å². The summed E-state index contributed by atoms with van der Waals surface area (Å²) in [4.78, 5) is 14.2. The third kappa shape index (κ3) is 10.7. The lowest BCUT2D eigenvalue weighted by atomic mass is 9.80. The summed E-state index contributed by atoms with van der Waals surface area (Å²) in [5.74, 6) is 0.861. The molecule has 0 unspecified atom stereocenters. The van der Waals surface area contributed by atoms with Crippen molar-refractivity contribution in [2.24, 2.45) is 11.8 Å². The van der Waals surface area contributed by atoms with Gasteiger partial charge in [-0.1, -0.05) is 49.2 Å². The Kier molecular flexibility index (Phi) is 14.8. The van der Waals surface area contributed by atoms with Gasteiger partial charge in [0, 0.05) is 76.2 Å². The number of aliphatic hydroxyl groups excluding tert-OH is 1. The zero-order valence-corrected chi connectivity index (χ0v) is 31.4. The number of quaternary nitrogens is 1. The van der Waals surface area contributed by atoms with E-state index in [9.17, 15) is 20.1 Å². The Morgan fingerprint density at radius 3 is 2.25 bits per heavy atom. The summed E-state index contributed by atoms with van der Waals surface area (Å²) in [7, 11) is 0. The first-order chi connectivity index (χ1) is 25.9. The molecule has 2 aromatic carbocycles. The number of rotatable bonds is 23. The van der Waals surface area contributed by atoms with Gasteiger partial charge in [0.15, 0.2) is 0 Å². The lowest BCUT2D eigenvalue weighted by molar-refractivity contribution is -0.946. The second-order valence-electron chi connectivity index (χ2n) is 15.6. The van der Waals surface area contributed by atoms with E-state index in [1.54, 1.807) is 12.1 Å². The molecule has 0 amide bonds. The number of aromatic hydroxyl groups is 1. The van der Waals surface area contributed by atoms with Gasteiger partial charge in [-0.25, -0.2) is 0 Å². The molecule has 5 N–H and O–H groups in total. The topological polar surface area (TPSA) is 143 Å². The van der Waals surface area contributed by atoms with E-state index >= 15 is 0 Å². The number of ether oxygens (including phenoxy) is 4. The minimum atomic E-state index is -0.898. The molecule has 3 aromatic rings. The molecule has 3 saturated heterocycles. The number of phenols is 1. The molecular formula is C42H62N3O8+. The van der Waals surface area contributed by atoms with Gasteiger partial charge >= 0.3 is 0 Å². The number of nitrogens with one attached hydrogen (secondary N) is 2. The molecule has 292 valence electrons. The minimum absolute atomic E-state index is 0.0238. The van der Waals surface area contributed by atoms with Crippen LogP contribution in [-0.2, 0) is 24.5 Å². The Balaban J connectivity index is 0.770. The number of H-pyrrole nitrogens is 1. The van der Waals surface area contributed by atoms with Gasteiger partial charge in [0.25, 0.3) is 0 Å². The highest BCUT2D eigenvalue weighted by atomic mass is 16.5. The number of pyridine rings is 1. The quantitative estimate of drug-likeness (QED) is 0.0687.